The van der Waals surface area contributed by atoms with Crippen LogP contribution in [0.5, 0.6) is 0 Å². The van der Waals surface area contributed by atoms with Gasteiger partial charge < -0.3 is 5.32 Å². The topological polar surface area (TPSA) is 70.0 Å². The highest BCUT2D eigenvalue weighted by Gasteiger charge is 2.36. The summed E-state index contributed by atoms with van der Waals surface area (Å²) < 4.78 is 0. The second kappa shape index (κ2) is 5.63. The summed E-state index contributed by atoms with van der Waals surface area (Å²) >= 11 is 17.7. The van der Waals surface area contributed by atoms with Crippen molar-refractivity contribution in [2.75, 3.05) is 11.9 Å². The van der Waals surface area contributed by atoms with Crippen molar-refractivity contribution in [3.8, 4) is 0 Å². The summed E-state index contributed by atoms with van der Waals surface area (Å²) in [5, 5.41) is 9.09. The normalized spacial score (nSPS) is 20.4. The van der Waals surface area contributed by atoms with Crippen LogP contribution in [0.2, 0.25) is 5.15 Å². The quantitative estimate of drug-likeness (QED) is 0.838. The molecule has 0 saturated heterocycles. The molecule has 1 aromatic heterocycles. The Labute approximate surface area is 135 Å². The molecule has 0 radical (unpaired) electrons. The minimum Gasteiger partial charge on any atom is -0.324 e. The first-order valence-electron chi connectivity index (χ1n) is 5.92. The molecule has 1 N–H and O–H groups in total. The molecule has 0 saturated carbocycles. The largest absolute Gasteiger partial charge is 0.324 e. The minimum atomic E-state index is -0.608. The Balaban J connectivity index is 1.77. The maximum absolute atomic E-state index is 12.3. The number of allylic oxidation sites excluding steroid dienone is 1. The summed E-state index contributed by atoms with van der Waals surface area (Å²) in [5.41, 5.74) is 0.544. The van der Waals surface area contributed by atoms with Crippen molar-refractivity contribution in [3.05, 3.63) is 34.6 Å². The molecule has 1 amide bonds. The van der Waals surface area contributed by atoms with Gasteiger partial charge in [-0.1, -0.05) is 34.8 Å². The molecule has 3 rings (SSSR count). The van der Waals surface area contributed by atoms with Gasteiger partial charge in [0.05, 0.1) is 11.6 Å². The van der Waals surface area contributed by atoms with E-state index < -0.39 is 6.04 Å². The lowest BCUT2D eigenvalue weighted by Gasteiger charge is -2.24. The summed E-state index contributed by atoms with van der Waals surface area (Å²) in [5.74, 6) is 0.157. The molecule has 0 aromatic carbocycles. The number of aromatic nitrogens is 1. The first-order valence-corrected chi connectivity index (χ1v) is 7.06. The fourth-order valence-electron chi connectivity index (χ4n) is 1.97. The van der Waals surface area contributed by atoms with Gasteiger partial charge in [0, 0.05) is 11.9 Å². The number of pyridine rings is 1. The first-order chi connectivity index (χ1) is 10.0. The molecule has 1 aromatic rings. The van der Waals surface area contributed by atoms with Gasteiger partial charge in [0.25, 0.3) is 5.91 Å². The zero-order chi connectivity index (χ0) is 15.0. The Morgan fingerprint density at radius 3 is 2.95 bits per heavy atom. The van der Waals surface area contributed by atoms with Gasteiger partial charge in [0.2, 0.25) is 0 Å². The predicted octanol–water partition coefficient (Wildman–Crippen LogP) is 2.44. The van der Waals surface area contributed by atoms with Crippen LogP contribution in [0.1, 0.15) is 0 Å². The van der Waals surface area contributed by atoms with E-state index in [-0.39, 0.29) is 17.6 Å². The van der Waals surface area contributed by atoms with E-state index in [9.17, 15) is 4.79 Å². The van der Waals surface area contributed by atoms with E-state index in [1.807, 2.05) is 0 Å². The van der Waals surface area contributed by atoms with Crippen LogP contribution in [0.4, 0.5) is 5.69 Å². The molecule has 108 valence electrons. The molecule has 0 aliphatic carbocycles. The third-order valence-corrected chi connectivity index (χ3v) is 3.56. The molecule has 21 heavy (non-hydrogen) atoms. The van der Waals surface area contributed by atoms with Crippen LogP contribution in [-0.2, 0) is 4.79 Å². The predicted molar refractivity (Wildman–Crippen MR) is 83.0 cm³/mol. The second-order valence-electron chi connectivity index (χ2n) is 4.30. The van der Waals surface area contributed by atoms with Crippen molar-refractivity contribution in [3.63, 3.8) is 0 Å². The number of nitrogens with one attached hydrogen (secondary N) is 1. The summed E-state index contributed by atoms with van der Waals surface area (Å²) in [6, 6.07) is 2.58. The second-order valence-corrected chi connectivity index (χ2v) is 5.48. The number of hydrogen-bond donors (Lipinski definition) is 1. The van der Waals surface area contributed by atoms with Crippen molar-refractivity contribution in [1.29, 1.82) is 0 Å². The van der Waals surface area contributed by atoms with Crippen LogP contribution in [0.25, 0.3) is 0 Å². The standard InChI is InChI=1S/C12H8Cl3N5O/c13-7-4-10(15)19-20-8(5-17-11(7)20)12(21)18-6-1-2-16-9(14)3-6/h1-4,8H,5H2,(H,16,18,21). The number of rotatable bonds is 2. The number of carbonyl (C=O) groups excluding carboxylic acids is 1. The van der Waals surface area contributed by atoms with E-state index in [1.54, 1.807) is 12.1 Å². The third-order valence-electron chi connectivity index (χ3n) is 2.89. The maximum atomic E-state index is 12.3. The molecule has 1 unspecified atom stereocenters. The highest BCUT2D eigenvalue weighted by atomic mass is 35.5. The molecule has 0 fully saturated rings. The molecular formula is C12H8Cl3N5O. The smallest absolute Gasteiger partial charge is 0.251 e. The van der Waals surface area contributed by atoms with Crippen molar-refractivity contribution < 1.29 is 4.79 Å². The first kappa shape index (κ1) is 14.3. The molecule has 2 aliphatic heterocycles. The number of fused-ring (bicyclic) bond motifs is 1. The number of nitrogens with zero attached hydrogens (tertiary/aromatic N) is 4. The number of hydrazone groups is 1. The average molecular weight is 345 g/mol. The number of aliphatic imine (C=N–C) groups is 1. The minimum absolute atomic E-state index is 0.200. The number of anilines is 1. The lowest BCUT2D eigenvalue weighted by molar-refractivity contribution is -0.119. The zero-order valence-electron chi connectivity index (χ0n) is 10.4. The Bertz CT molecular complexity index is 700. The molecule has 2 aliphatic rings. The van der Waals surface area contributed by atoms with Crippen LogP contribution in [-0.4, -0.2) is 39.5 Å². The summed E-state index contributed by atoms with van der Waals surface area (Å²) in [6.45, 7) is 0.248. The Hall–Kier alpha value is -1.63. The van der Waals surface area contributed by atoms with Crippen LogP contribution >= 0.6 is 34.8 Å². The van der Waals surface area contributed by atoms with Gasteiger partial charge in [-0.15, -0.1) is 0 Å². The highest BCUT2D eigenvalue weighted by molar-refractivity contribution is 6.70. The molecule has 0 spiro atoms. The van der Waals surface area contributed by atoms with E-state index in [2.05, 4.69) is 20.4 Å². The summed E-state index contributed by atoms with van der Waals surface area (Å²) in [7, 11) is 0. The summed E-state index contributed by atoms with van der Waals surface area (Å²) in [4.78, 5) is 20.4. The van der Waals surface area contributed by atoms with Crippen molar-refractivity contribution in [2.45, 2.75) is 6.04 Å². The van der Waals surface area contributed by atoms with Gasteiger partial charge in [-0.2, -0.15) is 5.10 Å². The maximum Gasteiger partial charge on any atom is 0.251 e. The van der Waals surface area contributed by atoms with Crippen LogP contribution in [0, 0.1) is 0 Å². The fraction of sp³-hybridized carbons (Fsp3) is 0.167. The molecule has 1 atom stereocenters. The van der Waals surface area contributed by atoms with E-state index >= 15 is 0 Å². The molecule has 6 nitrogen and oxygen atoms in total. The van der Waals surface area contributed by atoms with E-state index in [1.165, 1.54) is 17.3 Å². The lowest BCUT2D eigenvalue weighted by atomic mass is 10.2. The van der Waals surface area contributed by atoms with Crippen molar-refractivity contribution >= 4 is 57.4 Å². The van der Waals surface area contributed by atoms with Crippen LogP contribution in [0.3, 0.4) is 0 Å². The average Bonchev–Trinajstić information content (AvgIpc) is 2.82. The van der Waals surface area contributed by atoms with Crippen molar-refractivity contribution in [1.82, 2.24) is 9.99 Å². The van der Waals surface area contributed by atoms with Crippen LogP contribution in [0.15, 0.2) is 39.5 Å². The molecule has 3 heterocycles. The summed E-state index contributed by atoms with van der Waals surface area (Å²) in [6.07, 6.45) is 2.99. The fourth-order valence-corrected chi connectivity index (χ4v) is 2.64. The molecule has 0 bridgehead atoms. The lowest BCUT2D eigenvalue weighted by Crippen LogP contribution is -2.43. The van der Waals surface area contributed by atoms with E-state index in [0.29, 0.717) is 21.7 Å². The van der Waals surface area contributed by atoms with Gasteiger partial charge in [0.1, 0.15) is 5.15 Å². The number of halogens is 3. The van der Waals surface area contributed by atoms with Gasteiger partial charge >= 0.3 is 0 Å². The monoisotopic (exact) mass is 343 g/mol. The zero-order valence-corrected chi connectivity index (χ0v) is 12.7. The third kappa shape index (κ3) is 2.88. The number of amidine groups is 1. The van der Waals surface area contributed by atoms with Crippen molar-refractivity contribution in [2.24, 2.45) is 10.1 Å². The van der Waals surface area contributed by atoms with Gasteiger partial charge in [-0.3, -0.25) is 9.79 Å². The number of hydrogen-bond acceptors (Lipinski definition) is 5. The number of amides is 1. The highest BCUT2D eigenvalue weighted by Crippen LogP contribution is 2.25. The Morgan fingerprint density at radius 1 is 1.38 bits per heavy atom. The molecular weight excluding hydrogens is 337 g/mol. The Kier molecular flexibility index (Phi) is 3.84. The van der Waals surface area contributed by atoms with Gasteiger partial charge in [-0.25, -0.2) is 9.99 Å². The van der Waals surface area contributed by atoms with E-state index in [0.717, 1.165) is 0 Å². The van der Waals surface area contributed by atoms with Gasteiger partial charge in [0.15, 0.2) is 17.0 Å². The van der Waals surface area contributed by atoms with E-state index in [4.69, 9.17) is 34.8 Å². The Morgan fingerprint density at radius 2 is 2.19 bits per heavy atom. The van der Waals surface area contributed by atoms with Crippen LogP contribution < -0.4 is 5.32 Å². The molecule has 9 heteroatoms. The van der Waals surface area contributed by atoms with Gasteiger partial charge in [-0.05, 0) is 18.2 Å². The number of carbonyl (C=O) groups is 1. The SMILES string of the molecule is O=C(Nc1ccnc(Cl)c1)C1CN=C2C(Cl)=CC(Cl)=NN21.